The lowest BCUT2D eigenvalue weighted by molar-refractivity contribution is 0.0544. The zero-order valence-corrected chi connectivity index (χ0v) is 14.0. The highest BCUT2D eigenvalue weighted by molar-refractivity contribution is 5.94. The second-order valence-electron chi connectivity index (χ2n) is 6.76. The van der Waals surface area contributed by atoms with Crippen LogP contribution in [0, 0.1) is 6.92 Å². The van der Waals surface area contributed by atoms with E-state index in [1.54, 1.807) is 4.57 Å². The monoisotopic (exact) mass is 307 g/mol. The molecular formula is C20H21NO2. The molecule has 0 fully saturated rings. The Morgan fingerprint density at radius 3 is 2.35 bits per heavy atom. The molecule has 118 valence electrons. The molecule has 0 N–H and O–H groups in total. The molecule has 0 radical (unpaired) electrons. The number of nitrogens with zero attached hydrogens (tertiary/aromatic N) is 1. The first-order chi connectivity index (χ1) is 10.8. The van der Waals surface area contributed by atoms with Gasteiger partial charge >= 0.3 is 6.09 Å². The fourth-order valence-corrected chi connectivity index (χ4v) is 2.67. The second kappa shape index (κ2) is 5.58. The van der Waals surface area contributed by atoms with Crippen LogP contribution in [-0.4, -0.2) is 16.3 Å². The van der Waals surface area contributed by atoms with Gasteiger partial charge in [0.15, 0.2) is 0 Å². The van der Waals surface area contributed by atoms with Crippen molar-refractivity contribution < 1.29 is 9.53 Å². The van der Waals surface area contributed by atoms with Crippen LogP contribution >= 0.6 is 0 Å². The Bertz CT molecular complexity index is 854. The summed E-state index contributed by atoms with van der Waals surface area (Å²) in [4.78, 5) is 12.4. The van der Waals surface area contributed by atoms with Crippen LogP contribution in [0.15, 0.2) is 54.7 Å². The molecule has 2 aromatic carbocycles. The Hall–Kier alpha value is -2.55. The number of carbonyl (C=O) groups excluding carboxylic acids is 1. The third-order valence-electron chi connectivity index (χ3n) is 3.70. The molecule has 1 aromatic heterocycles. The summed E-state index contributed by atoms with van der Waals surface area (Å²) in [6.45, 7) is 7.63. The number of hydrogen-bond donors (Lipinski definition) is 0. The van der Waals surface area contributed by atoms with Gasteiger partial charge in [0.25, 0.3) is 0 Å². The molecule has 0 bridgehead atoms. The predicted octanol–water partition coefficient (Wildman–Crippen LogP) is 5.40. The third-order valence-corrected chi connectivity index (χ3v) is 3.70. The summed E-state index contributed by atoms with van der Waals surface area (Å²) < 4.78 is 7.07. The minimum absolute atomic E-state index is 0.344. The van der Waals surface area contributed by atoms with Crippen LogP contribution in [-0.2, 0) is 4.74 Å². The van der Waals surface area contributed by atoms with Crippen molar-refractivity contribution in [2.75, 3.05) is 0 Å². The van der Waals surface area contributed by atoms with E-state index in [0.717, 1.165) is 22.0 Å². The first-order valence-corrected chi connectivity index (χ1v) is 7.76. The molecule has 0 saturated heterocycles. The largest absolute Gasteiger partial charge is 0.443 e. The first kappa shape index (κ1) is 15.3. The first-order valence-electron chi connectivity index (χ1n) is 7.76. The van der Waals surface area contributed by atoms with Crippen LogP contribution < -0.4 is 0 Å². The van der Waals surface area contributed by atoms with Crippen molar-refractivity contribution in [3.8, 4) is 11.1 Å². The SMILES string of the molecule is Cc1cn(C(=O)OC(C)(C)C)c2ccc(-c3ccccc3)cc12. The molecule has 0 aliphatic carbocycles. The van der Waals surface area contributed by atoms with E-state index >= 15 is 0 Å². The van der Waals surface area contributed by atoms with Gasteiger partial charge in [0.05, 0.1) is 5.52 Å². The Morgan fingerprint density at radius 2 is 1.70 bits per heavy atom. The lowest BCUT2D eigenvalue weighted by Gasteiger charge is -2.19. The predicted molar refractivity (Wildman–Crippen MR) is 93.7 cm³/mol. The van der Waals surface area contributed by atoms with Gasteiger partial charge in [0.2, 0.25) is 0 Å². The lowest BCUT2D eigenvalue weighted by atomic mass is 10.0. The average Bonchev–Trinajstić information content (AvgIpc) is 2.83. The zero-order valence-electron chi connectivity index (χ0n) is 14.0. The van der Waals surface area contributed by atoms with E-state index in [1.807, 2.05) is 64.2 Å². The van der Waals surface area contributed by atoms with E-state index in [9.17, 15) is 4.79 Å². The summed E-state index contributed by atoms with van der Waals surface area (Å²) in [6.07, 6.45) is 1.50. The number of hydrogen-bond acceptors (Lipinski definition) is 2. The smallest absolute Gasteiger partial charge is 0.418 e. The molecule has 0 unspecified atom stereocenters. The molecule has 23 heavy (non-hydrogen) atoms. The second-order valence-corrected chi connectivity index (χ2v) is 6.76. The van der Waals surface area contributed by atoms with Gasteiger partial charge in [-0.25, -0.2) is 4.79 Å². The standard InChI is InChI=1S/C20H21NO2/c1-14-13-21(19(22)23-20(2,3)4)18-11-10-16(12-17(14)18)15-8-6-5-7-9-15/h5-13H,1-4H3. The van der Waals surface area contributed by atoms with Gasteiger partial charge in [0.1, 0.15) is 5.60 Å². The van der Waals surface area contributed by atoms with Gasteiger partial charge in [-0.2, -0.15) is 0 Å². The van der Waals surface area contributed by atoms with Gasteiger partial charge in [-0.15, -0.1) is 0 Å². The Balaban J connectivity index is 2.06. The van der Waals surface area contributed by atoms with Crippen molar-refractivity contribution in [2.45, 2.75) is 33.3 Å². The molecule has 3 aromatic rings. The molecular weight excluding hydrogens is 286 g/mol. The number of carbonyl (C=O) groups is 1. The van der Waals surface area contributed by atoms with Gasteiger partial charge in [0, 0.05) is 11.6 Å². The van der Waals surface area contributed by atoms with Crippen LogP contribution in [0.25, 0.3) is 22.0 Å². The van der Waals surface area contributed by atoms with Crippen LogP contribution in [0.2, 0.25) is 0 Å². The summed E-state index contributed by atoms with van der Waals surface area (Å²) in [7, 11) is 0. The maximum Gasteiger partial charge on any atom is 0.418 e. The molecule has 0 aliphatic rings. The molecule has 0 aliphatic heterocycles. The number of aryl methyl sites for hydroxylation is 1. The van der Waals surface area contributed by atoms with E-state index in [1.165, 1.54) is 5.56 Å². The molecule has 3 heteroatoms. The third kappa shape index (κ3) is 3.14. The van der Waals surface area contributed by atoms with Crippen molar-refractivity contribution in [3.63, 3.8) is 0 Å². The quantitative estimate of drug-likeness (QED) is 0.602. The number of aromatic nitrogens is 1. The van der Waals surface area contributed by atoms with E-state index in [4.69, 9.17) is 4.74 Å². The maximum atomic E-state index is 12.4. The van der Waals surface area contributed by atoms with Crippen LogP contribution in [0.5, 0.6) is 0 Å². The molecule has 0 saturated carbocycles. The van der Waals surface area contributed by atoms with Crippen LogP contribution in [0.1, 0.15) is 26.3 Å². The fraction of sp³-hybridized carbons (Fsp3) is 0.250. The summed E-state index contributed by atoms with van der Waals surface area (Å²) in [5.41, 5.74) is 3.73. The van der Waals surface area contributed by atoms with Crippen molar-refractivity contribution in [3.05, 3.63) is 60.3 Å². The van der Waals surface area contributed by atoms with E-state index < -0.39 is 5.60 Å². The van der Waals surface area contributed by atoms with Crippen molar-refractivity contribution >= 4 is 17.0 Å². The lowest BCUT2D eigenvalue weighted by Crippen LogP contribution is -2.26. The Labute approximate surface area is 136 Å². The van der Waals surface area contributed by atoms with E-state index in [2.05, 4.69) is 18.2 Å². The maximum absolute atomic E-state index is 12.4. The summed E-state index contributed by atoms with van der Waals surface area (Å²) in [5, 5.41) is 1.07. The molecule has 3 rings (SSSR count). The van der Waals surface area contributed by atoms with E-state index in [-0.39, 0.29) is 6.09 Å². The molecule has 1 heterocycles. The number of rotatable bonds is 1. The minimum Gasteiger partial charge on any atom is -0.443 e. The number of fused-ring (bicyclic) bond motifs is 1. The number of benzene rings is 2. The van der Waals surface area contributed by atoms with E-state index in [0.29, 0.717) is 0 Å². The molecule has 3 nitrogen and oxygen atoms in total. The van der Waals surface area contributed by atoms with Crippen LogP contribution in [0.4, 0.5) is 4.79 Å². The highest BCUT2D eigenvalue weighted by Gasteiger charge is 2.20. The Kier molecular flexibility index (Phi) is 3.72. The average molecular weight is 307 g/mol. The van der Waals surface area contributed by atoms with Crippen molar-refractivity contribution in [1.82, 2.24) is 4.57 Å². The van der Waals surface area contributed by atoms with Crippen molar-refractivity contribution in [1.29, 1.82) is 0 Å². The topological polar surface area (TPSA) is 31.2 Å². The fourth-order valence-electron chi connectivity index (χ4n) is 2.67. The van der Waals surface area contributed by atoms with Gasteiger partial charge in [-0.3, -0.25) is 4.57 Å². The summed E-state index contributed by atoms with van der Waals surface area (Å²) in [6, 6.07) is 16.4. The number of ether oxygens (including phenoxy) is 1. The highest BCUT2D eigenvalue weighted by Crippen LogP contribution is 2.28. The molecule has 0 spiro atoms. The highest BCUT2D eigenvalue weighted by atomic mass is 16.6. The van der Waals surface area contributed by atoms with Crippen LogP contribution in [0.3, 0.4) is 0 Å². The van der Waals surface area contributed by atoms with Crippen molar-refractivity contribution in [2.24, 2.45) is 0 Å². The Morgan fingerprint density at radius 1 is 1.00 bits per heavy atom. The normalized spacial score (nSPS) is 11.7. The zero-order chi connectivity index (χ0) is 16.6. The summed E-state index contributed by atoms with van der Waals surface area (Å²) >= 11 is 0. The minimum atomic E-state index is -0.508. The van der Waals surface area contributed by atoms with Gasteiger partial charge < -0.3 is 4.74 Å². The molecule has 0 atom stereocenters. The van der Waals surface area contributed by atoms with Gasteiger partial charge in [-0.05, 0) is 56.5 Å². The molecule has 0 amide bonds. The summed E-state index contributed by atoms with van der Waals surface area (Å²) in [5.74, 6) is 0. The van der Waals surface area contributed by atoms with Gasteiger partial charge in [-0.1, -0.05) is 36.4 Å².